The molecule has 3 nitrogen and oxygen atoms in total. The third-order valence-electron chi connectivity index (χ3n) is 2.95. The van der Waals surface area contributed by atoms with Gasteiger partial charge in [-0.25, -0.2) is 0 Å². The van der Waals surface area contributed by atoms with Crippen LogP contribution in [-0.2, 0) is 32.7 Å². The van der Waals surface area contributed by atoms with Gasteiger partial charge in [0.05, 0.1) is 17.1 Å². The van der Waals surface area contributed by atoms with Gasteiger partial charge in [-0.2, -0.15) is 6.07 Å². The third kappa shape index (κ3) is 3.99. The second-order valence-corrected chi connectivity index (χ2v) is 4.22. The Morgan fingerprint density at radius 3 is 2.41 bits per heavy atom. The van der Waals surface area contributed by atoms with E-state index >= 15 is 0 Å². The maximum atomic E-state index is 5.20. The molecule has 2 heterocycles. The molecule has 0 bridgehead atoms. The van der Waals surface area contributed by atoms with E-state index in [2.05, 4.69) is 24.8 Å². The number of hydrogen-bond donors (Lipinski definition) is 1. The van der Waals surface area contributed by atoms with Gasteiger partial charge in [0.2, 0.25) is 0 Å². The van der Waals surface area contributed by atoms with Crippen molar-refractivity contribution >= 4 is 11.8 Å². The van der Waals surface area contributed by atoms with Crippen molar-refractivity contribution < 1.29 is 37.1 Å². The van der Waals surface area contributed by atoms with Crippen LogP contribution in [0.2, 0.25) is 0 Å². The predicted molar refractivity (Wildman–Crippen MR) is 87.2 cm³/mol. The fraction of sp³-hybridized carbons (Fsp3) is 0.111. The number of hydrazine groups is 1. The summed E-state index contributed by atoms with van der Waals surface area (Å²) in [7, 11) is 0. The number of rotatable bonds is 2. The maximum Gasteiger partial charge on any atom is 0.0642 e. The SMILES string of the molecule is C=C1NN(c2ccccc2)C(=C)/C1=C\c1cc[c-]o1.CC.[Y]. The molecule has 1 N–H and O–H groups in total. The zero-order valence-electron chi connectivity index (χ0n) is 13.0. The summed E-state index contributed by atoms with van der Waals surface area (Å²) < 4.78 is 5.20. The second kappa shape index (κ2) is 8.77. The minimum Gasteiger partial charge on any atom is -0.592 e. The standard InChI is InChI=1S/C16H13N2O.C2H6.Y/c1-12-16(11-15-9-6-10-19-15)13(2)18(17-12)14-7-4-3-5-8-14;1-2;/h3-9,11,17H,1-2H2;1-2H3;/q-1;;/b16-11-;;. The topological polar surface area (TPSA) is 28.4 Å². The van der Waals surface area contributed by atoms with Crippen LogP contribution in [0.15, 0.2) is 77.0 Å². The first-order valence-corrected chi connectivity index (χ1v) is 6.93. The normalized spacial score (nSPS) is 15.0. The summed E-state index contributed by atoms with van der Waals surface area (Å²) in [5, 5.41) is 1.90. The first kappa shape index (κ1) is 18.5. The Morgan fingerprint density at radius 1 is 1.14 bits per heavy atom. The van der Waals surface area contributed by atoms with Crippen LogP contribution in [0.4, 0.5) is 5.69 Å². The summed E-state index contributed by atoms with van der Waals surface area (Å²) in [4.78, 5) is 0. The van der Waals surface area contributed by atoms with Crippen molar-refractivity contribution in [3.8, 4) is 0 Å². The summed E-state index contributed by atoms with van der Waals surface area (Å²) in [6.07, 6.45) is 4.56. The number of anilines is 1. The van der Waals surface area contributed by atoms with E-state index in [4.69, 9.17) is 4.42 Å². The van der Waals surface area contributed by atoms with E-state index in [0.29, 0.717) is 0 Å². The van der Waals surface area contributed by atoms with Gasteiger partial charge in [-0.1, -0.05) is 51.3 Å². The first-order valence-electron chi connectivity index (χ1n) is 6.93. The van der Waals surface area contributed by atoms with Crippen molar-refractivity contribution in [3.63, 3.8) is 0 Å². The second-order valence-electron chi connectivity index (χ2n) is 4.22. The summed E-state index contributed by atoms with van der Waals surface area (Å²) in [6.45, 7) is 12.1. The summed E-state index contributed by atoms with van der Waals surface area (Å²) >= 11 is 0. The van der Waals surface area contributed by atoms with Gasteiger partial charge in [0.15, 0.2) is 0 Å². The molecule has 1 aliphatic rings. The quantitative estimate of drug-likeness (QED) is 0.789. The maximum absolute atomic E-state index is 5.20. The van der Waals surface area contributed by atoms with Gasteiger partial charge in [0.1, 0.15) is 0 Å². The molecule has 1 aliphatic heterocycles. The molecule has 0 saturated carbocycles. The van der Waals surface area contributed by atoms with E-state index in [9.17, 15) is 0 Å². The van der Waals surface area contributed by atoms with Crippen molar-refractivity contribution in [2.75, 3.05) is 5.01 Å². The minimum atomic E-state index is 0. The molecule has 1 aromatic carbocycles. The monoisotopic (exact) mass is 368 g/mol. The van der Waals surface area contributed by atoms with E-state index in [-0.39, 0.29) is 32.7 Å². The Bertz CT molecular complexity index is 645. The molecule has 0 atom stereocenters. The molecule has 3 rings (SSSR count). The minimum absolute atomic E-state index is 0. The zero-order valence-corrected chi connectivity index (χ0v) is 15.8. The molecule has 1 saturated heterocycles. The van der Waals surface area contributed by atoms with Gasteiger partial charge in [-0.05, 0) is 24.2 Å². The Kier molecular flexibility index (Phi) is 7.36. The molecular weight excluding hydrogens is 349 g/mol. The number of furan rings is 1. The summed E-state index contributed by atoms with van der Waals surface area (Å²) in [5.41, 5.74) is 6.78. The van der Waals surface area contributed by atoms with Crippen LogP contribution in [0.3, 0.4) is 0 Å². The van der Waals surface area contributed by atoms with Gasteiger partial charge in [-0.15, -0.1) is 6.07 Å². The van der Waals surface area contributed by atoms with Crippen LogP contribution in [0, 0.1) is 6.26 Å². The molecule has 1 aromatic heterocycles. The fourth-order valence-electron chi connectivity index (χ4n) is 2.00. The smallest absolute Gasteiger partial charge is 0.0642 e. The first-order chi connectivity index (χ1) is 10.3. The third-order valence-corrected chi connectivity index (χ3v) is 2.95. The summed E-state index contributed by atoms with van der Waals surface area (Å²) in [5.74, 6) is 0.731. The number of hydrogen-bond acceptors (Lipinski definition) is 3. The van der Waals surface area contributed by atoms with Crippen molar-refractivity contribution in [1.82, 2.24) is 5.43 Å². The molecule has 22 heavy (non-hydrogen) atoms. The molecule has 0 amide bonds. The van der Waals surface area contributed by atoms with E-state index in [1.54, 1.807) is 6.07 Å². The van der Waals surface area contributed by atoms with Gasteiger partial charge in [-0.3, -0.25) is 10.4 Å². The Hall–Kier alpha value is -1.58. The van der Waals surface area contributed by atoms with Crippen LogP contribution in [0.25, 0.3) is 6.08 Å². The number of para-hydroxylation sites is 1. The largest absolute Gasteiger partial charge is 0.592 e. The summed E-state index contributed by atoms with van der Waals surface area (Å²) in [6, 6.07) is 13.5. The average molecular weight is 368 g/mol. The molecule has 111 valence electrons. The van der Waals surface area contributed by atoms with Gasteiger partial charge >= 0.3 is 0 Å². The molecule has 4 heteroatoms. The van der Waals surface area contributed by atoms with Crippen molar-refractivity contribution in [1.29, 1.82) is 0 Å². The van der Waals surface area contributed by atoms with Crippen LogP contribution >= 0.6 is 0 Å². The molecule has 0 aliphatic carbocycles. The number of nitrogens with zero attached hydrogens (tertiary/aromatic N) is 1. The van der Waals surface area contributed by atoms with E-state index < -0.39 is 0 Å². The number of nitrogens with one attached hydrogen (secondary N) is 1. The van der Waals surface area contributed by atoms with Gasteiger partial charge in [0.25, 0.3) is 0 Å². The molecule has 1 fully saturated rings. The van der Waals surface area contributed by atoms with Crippen molar-refractivity contribution in [3.05, 3.63) is 84.6 Å². The predicted octanol–water partition coefficient (Wildman–Crippen LogP) is 4.54. The van der Waals surface area contributed by atoms with Crippen molar-refractivity contribution in [2.45, 2.75) is 13.8 Å². The molecular formula is C18H19N2OY-. The van der Waals surface area contributed by atoms with Crippen LogP contribution in [0.5, 0.6) is 0 Å². The fourth-order valence-corrected chi connectivity index (χ4v) is 2.00. The Morgan fingerprint density at radius 2 is 1.82 bits per heavy atom. The van der Waals surface area contributed by atoms with Crippen LogP contribution in [0.1, 0.15) is 19.6 Å². The van der Waals surface area contributed by atoms with E-state index in [0.717, 1.165) is 28.4 Å². The van der Waals surface area contributed by atoms with E-state index in [1.165, 1.54) is 0 Å². The molecule has 1 radical (unpaired) electrons. The molecule has 0 spiro atoms. The Balaban J connectivity index is 0.000000775. The van der Waals surface area contributed by atoms with Crippen LogP contribution in [-0.4, -0.2) is 0 Å². The van der Waals surface area contributed by atoms with Gasteiger partial charge < -0.3 is 4.42 Å². The zero-order chi connectivity index (χ0) is 15.2. The van der Waals surface area contributed by atoms with Crippen LogP contribution < -0.4 is 10.4 Å². The van der Waals surface area contributed by atoms with E-state index in [1.807, 2.05) is 61.3 Å². The average Bonchev–Trinajstić information content (AvgIpc) is 3.14. The molecule has 2 aromatic rings. The number of benzene rings is 1. The molecule has 0 unspecified atom stereocenters. The Labute approximate surface area is 157 Å². The van der Waals surface area contributed by atoms with Gasteiger partial charge in [0, 0.05) is 38.3 Å². The van der Waals surface area contributed by atoms with Crippen molar-refractivity contribution in [2.24, 2.45) is 0 Å².